The maximum absolute atomic E-state index is 12.7. The Morgan fingerprint density at radius 3 is 2.96 bits per heavy atom. The van der Waals surface area contributed by atoms with Crippen molar-refractivity contribution in [2.75, 3.05) is 26.2 Å². The van der Waals surface area contributed by atoms with Gasteiger partial charge in [0.2, 0.25) is 0 Å². The Bertz CT molecular complexity index is 666. The molecule has 1 saturated heterocycles. The maximum atomic E-state index is 12.7. The molecule has 1 unspecified atom stereocenters. The number of carbonyl (C=O) groups is 1. The lowest BCUT2D eigenvalue weighted by Crippen LogP contribution is -2.58. The summed E-state index contributed by atoms with van der Waals surface area (Å²) in [6, 6.07) is 13.6. The third-order valence-corrected chi connectivity index (χ3v) is 4.33. The topological polar surface area (TPSA) is 66.5 Å². The van der Waals surface area contributed by atoms with Crippen molar-refractivity contribution >= 4 is 6.03 Å². The largest absolute Gasteiger partial charge is 0.490 e. The Morgan fingerprint density at radius 1 is 1.36 bits per heavy atom. The predicted molar refractivity (Wildman–Crippen MR) is 96.5 cm³/mol. The third-order valence-electron chi connectivity index (χ3n) is 4.33. The fourth-order valence-electron chi connectivity index (χ4n) is 2.90. The van der Waals surface area contributed by atoms with E-state index in [0.29, 0.717) is 25.4 Å². The van der Waals surface area contributed by atoms with Crippen LogP contribution in [0.5, 0.6) is 5.75 Å². The Hall–Kier alpha value is -2.60. The first-order chi connectivity index (χ1) is 12.2. The highest BCUT2D eigenvalue weighted by Crippen LogP contribution is 2.14. The third kappa shape index (κ3) is 4.70. The van der Waals surface area contributed by atoms with Crippen molar-refractivity contribution in [1.82, 2.24) is 20.5 Å². The number of rotatable bonds is 5. The van der Waals surface area contributed by atoms with Crippen LogP contribution >= 0.6 is 0 Å². The minimum absolute atomic E-state index is 0.0167. The minimum atomic E-state index is -0.0577. The summed E-state index contributed by atoms with van der Waals surface area (Å²) in [5.74, 6) is 0.714. The molecule has 1 aromatic heterocycles. The number of hydrogen-bond acceptors (Lipinski definition) is 4. The second kappa shape index (κ2) is 8.48. The van der Waals surface area contributed by atoms with Crippen molar-refractivity contribution in [3.63, 3.8) is 0 Å². The van der Waals surface area contributed by atoms with E-state index in [9.17, 15) is 4.79 Å². The van der Waals surface area contributed by atoms with E-state index in [-0.39, 0.29) is 18.1 Å². The molecule has 6 heteroatoms. The van der Waals surface area contributed by atoms with Gasteiger partial charge in [-0.1, -0.05) is 30.3 Å². The molecule has 6 nitrogen and oxygen atoms in total. The monoisotopic (exact) mass is 340 g/mol. The van der Waals surface area contributed by atoms with Crippen molar-refractivity contribution in [2.24, 2.45) is 0 Å². The zero-order chi connectivity index (χ0) is 17.5. The summed E-state index contributed by atoms with van der Waals surface area (Å²) in [5, 5.41) is 6.41. The quantitative estimate of drug-likeness (QED) is 0.876. The molecule has 2 amide bonds. The Labute approximate surface area is 148 Å². The molecule has 132 valence electrons. The molecule has 2 N–H and O–H groups in total. The normalized spacial score (nSPS) is 18.4. The van der Waals surface area contributed by atoms with Gasteiger partial charge in [-0.25, -0.2) is 4.79 Å². The first-order valence-corrected chi connectivity index (χ1v) is 8.59. The lowest BCUT2D eigenvalue weighted by atomic mass is 10.1. The summed E-state index contributed by atoms with van der Waals surface area (Å²) in [4.78, 5) is 18.6. The molecule has 0 saturated carbocycles. The van der Waals surface area contributed by atoms with Crippen LogP contribution in [0.1, 0.15) is 18.5 Å². The minimum Gasteiger partial charge on any atom is -0.490 e. The van der Waals surface area contributed by atoms with Crippen molar-refractivity contribution in [1.29, 1.82) is 0 Å². The van der Waals surface area contributed by atoms with Crippen LogP contribution in [0.25, 0.3) is 0 Å². The summed E-state index contributed by atoms with van der Waals surface area (Å²) in [7, 11) is 0. The zero-order valence-corrected chi connectivity index (χ0v) is 14.4. The van der Waals surface area contributed by atoms with E-state index >= 15 is 0 Å². The SMILES string of the molecule is CC(NC(=O)N1CCNC[C@@H]1COc1cccnc1)c1ccccc1. The average molecular weight is 340 g/mol. The van der Waals surface area contributed by atoms with Gasteiger partial charge in [0, 0.05) is 25.8 Å². The smallest absolute Gasteiger partial charge is 0.318 e. The van der Waals surface area contributed by atoms with Gasteiger partial charge in [0.25, 0.3) is 0 Å². The molecule has 2 aromatic rings. The number of carbonyl (C=O) groups excluding carboxylic acids is 1. The molecule has 1 aliphatic heterocycles. The maximum Gasteiger partial charge on any atom is 0.318 e. The van der Waals surface area contributed by atoms with Crippen LogP contribution < -0.4 is 15.4 Å². The molecule has 0 bridgehead atoms. The highest BCUT2D eigenvalue weighted by molar-refractivity contribution is 5.75. The molecule has 1 aliphatic rings. The number of benzene rings is 1. The zero-order valence-electron chi connectivity index (χ0n) is 14.4. The van der Waals surface area contributed by atoms with Crippen LogP contribution in [0.15, 0.2) is 54.9 Å². The van der Waals surface area contributed by atoms with Crippen molar-refractivity contribution in [3.8, 4) is 5.75 Å². The van der Waals surface area contributed by atoms with Crippen LogP contribution in [-0.2, 0) is 0 Å². The number of nitrogens with zero attached hydrogens (tertiary/aromatic N) is 2. The summed E-state index contributed by atoms with van der Waals surface area (Å²) in [6.45, 7) is 4.60. The van der Waals surface area contributed by atoms with Gasteiger partial charge in [-0.05, 0) is 24.6 Å². The first kappa shape index (κ1) is 17.2. The van der Waals surface area contributed by atoms with Gasteiger partial charge in [0.1, 0.15) is 12.4 Å². The summed E-state index contributed by atoms with van der Waals surface area (Å²) >= 11 is 0. The van der Waals surface area contributed by atoms with Gasteiger partial charge in [-0.2, -0.15) is 0 Å². The molecule has 0 spiro atoms. The molecule has 1 aromatic carbocycles. The summed E-state index contributed by atoms with van der Waals surface area (Å²) in [5.41, 5.74) is 1.09. The molecule has 3 rings (SSSR count). The van der Waals surface area contributed by atoms with Gasteiger partial charge in [-0.15, -0.1) is 0 Å². The Morgan fingerprint density at radius 2 is 2.20 bits per heavy atom. The average Bonchev–Trinajstić information content (AvgIpc) is 2.68. The van der Waals surface area contributed by atoms with E-state index < -0.39 is 0 Å². The standard InChI is InChI=1S/C19H24N4O2/c1-15(16-6-3-2-4-7-16)22-19(24)23-11-10-21-12-17(23)14-25-18-8-5-9-20-13-18/h2-9,13,15,17,21H,10-12,14H2,1H3,(H,22,24)/t15?,17-/m1/s1. The van der Waals surface area contributed by atoms with Crippen LogP contribution in [0.2, 0.25) is 0 Å². The molecule has 25 heavy (non-hydrogen) atoms. The van der Waals surface area contributed by atoms with Crippen molar-refractivity contribution < 1.29 is 9.53 Å². The lowest BCUT2D eigenvalue weighted by molar-refractivity contribution is 0.122. The number of aromatic nitrogens is 1. The second-order valence-electron chi connectivity index (χ2n) is 6.13. The number of amides is 2. The van der Waals surface area contributed by atoms with Crippen LogP contribution in [-0.4, -0.2) is 48.2 Å². The Kier molecular flexibility index (Phi) is 5.85. The van der Waals surface area contributed by atoms with Gasteiger partial charge >= 0.3 is 6.03 Å². The molecule has 0 radical (unpaired) electrons. The number of urea groups is 1. The molecular weight excluding hydrogens is 316 g/mol. The van der Waals surface area contributed by atoms with Crippen LogP contribution in [0, 0.1) is 0 Å². The highest BCUT2D eigenvalue weighted by atomic mass is 16.5. The molecule has 2 atom stereocenters. The van der Waals surface area contributed by atoms with Gasteiger partial charge in [0.15, 0.2) is 0 Å². The number of ether oxygens (including phenoxy) is 1. The van der Waals surface area contributed by atoms with Crippen molar-refractivity contribution in [3.05, 3.63) is 60.4 Å². The van der Waals surface area contributed by atoms with Gasteiger partial charge < -0.3 is 20.3 Å². The number of nitrogens with one attached hydrogen (secondary N) is 2. The molecule has 2 heterocycles. The van der Waals surface area contributed by atoms with Crippen LogP contribution in [0.4, 0.5) is 4.79 Å². The molecule has 0 aliphatic carbocycles. The molecular formula is C19H24N4O2. The highest BCUT2D eigenvalue weighted by Gasteiger charge is 2.28. The fraction of sp³-hybridized carbons (Fsp3) is 0.368. The number of piperazine rings is 1. The lowest BCUT2D eigenvalue weighted by Gasteiger charge is -2.36. The van der Waals surface area contributed by atoms with E-state index in [1.54, 1.807) is 12.4 Å². The first-order valence-electron chi connectivity index (χ1n) is 8.59. The fourth-order valence-corrected chi connectivity index (χ4v) is 2.90. The summed E-state index contributed by atoms with van der Waals surface area (Å²) in [6.07, 6.45) is 3.39. The van der Waals surface area contributed by atoms with Crippen molar-refractivity contribution in [2.45, 2.75) is 19.0 Å². The van der Waals surface area contributed by atoms with E-state index in [2.05, 4.69) is 15.6 Å². The van der Waals surface area contributed by atoms with Gasteiger partial charge in [0.05, 0.1) is 18.3 Å². The Balaban J connectivity index is 1.59. The van der Waals surface area contributed by atoms with E-state index in [1.165, 1.54) is 0 Å². The van der Waals surface area contributed by atoms with E-state index in [1.807, 2.05) is 54.3 Å². The van der Waals surface area contributed by atoms with E-state index in [0.717, 1.165) is 12.1 Å². The molecule has 1 fully saturated rings. The number of hydrogen-bond donors (Lipinski definition) is 2. The number of pyridine rings is 1. The predicted octanol–water partition coefficient (Wildman–Crippen LogP) is 2.20. The van der Waals surface area contributed by atoms with Gasteiger partial charge in [-0.3, -0.25) is 4.98 Å². The summed E-state index contributed by atoms with van der Waals surface area (Å²) < 4.78 is 5.79. The van der Waals surface area contributed by atoms with Crippen LogP contribution in [0.3, 0.4) is 0 Å². The van der Waals surface area contributed by atoms with E-state index in [4.69, 9.17) is 4.74 Å². The second-order valence-corrected chi connectivity index (χ2v) is 6.13.